The summed E-state index contributed by atoms with van der Waals surface area (Å²) in [5.41, 5.74) is 1.10. The standard InChI is InChI=1S/C14H18N4O/c1-10-4-2-7-16-13(10)14-17-12(18-19-14)8-11-5-3-6-15-9-11/h3,5-6,9-10,13,16H,2,4,7-8H2,1H3. The van der Waals surface area contributed by atoms with Crippen molar-refractivity contribution in [1.82, 2.24) is 20.4 Å². The molecule has 1 aliphatic rings. The van der Waals surface area contributed by atoms with Gasteiger partial charge in [-0.3, -0.25) is 4.98 Å². The van der Waals surface area contributed by atoms with E-state index in [2.05, 4.69) is 27.4 Å². The SMILES string of the molecule is CC1CCCNC1c1nc(Cc2cccnc2)no1. The number of hydrogen-bond donors (Lipinski definition) is 1. The van der Waals surface area contributed by atoms with Crippen LogP contribution in [0, 0.1) is 5.92 Å². The molecule has 3 heterocycles. The monoisotopic (exact) mass is 258 g/mol. The van der Waals surface area contributed by atoms with Gasteiger partial charge in [-0.2, -0.15) is 4.98 Å². The molecule has 0 amide bonds. The summed E-state index contributed by atoms with van der Waals surface area (Å²) in [4.78, 5) is 8.60. The number of rotatable bonds is 3. The van der Waals surface area contributed by atoms with Crippen LogP contribution < -0.4 is 5.32 Å². The smallest absolute Gasteiger partial charge is 0.244 e. The van der Waals surface area contributed by atoms with Crippen LogP contribution in [0.5, 0.6) is 0 Å². The lowest BCUT2D eigenvalue weighted by atomic mass is 9.93. The highest BCUT2D eigenvalue weighted by atomic mass is 16.5. The summed E-state index contributed by atoms with van der Waals surface area (Å²) in [6.45, 7) is 3.25. The summed E-state index contributed by atoms with van der Waals surface area (Å²) in [6.07, 6.45) is 6.68. The Morgan fingerprint density at radius 2 is 2.42 bits per heavy atom. The zero-order valence-electron chi connectivity index (χ0n) is 11.0. The third-order valence-corrected chi connectivity index (χ3v) is 3.60. The summed E-state index contributed by atoms with van der Waals surface area (Å²) in [5, 5.41) is 7.52. The van der Waals surface area contributed by atoms with Crippen molar-refractivity contribution in [2.24, 2.45) is 5.92 Å². The Labute approximate surface area is 112 Å². The number of nitrogens with zero attached hydrogens (tertiary/aromatic N) is 3. The molecule has 0 aliphatic carbocycles. The Bertz CT molecular complexity index is 525. The van der Waals surface area contributed by atoms with Crippen molar-refractivity contribution in [1.29, 1.82) is 0 Å². The zero-order chi connectivity index (χ0) is 13.1. The van der Waals surface area contributed by atoms with Crippen LogP contribution in [0.2, 0.25) is 0 Å². The van der Waals surface area contributed by atoms with Crippen molar-refractivity contribution in [2.75, 3.05) is 6.54 Å². The van der Waals surface area contributed by atoms with Crippen LogP contribution in [0.3, 0.4) is 0 Å². The molecule has 1 aliphatic heterocycles. The molecule has 0 aromatic carbocycles. The maximum Gasteiger partial charge on any atom is 0.244 e. The lowest BCUT2D eigenvalue weighted by Gasteiger charge is -2.26. The van der Waals surface area contributed by atoms with Crippen molar-refractivity contribution in [3.63, 3.8) is 0 Å². The molecule has 3 rings (SSSR count). The van der Waals surface area contributed by atoms with E-state index >= 15 is 0 Å². The number of aromatic nitrogens is 3. The van der Waals surface area contributed by atoms with Crippen LogP contribution in [0.1, 0.15) is 43.1 Å². The van der Waals surface area contributed by atoms with E-state index < -0.39 is 0 Å². The normalized spacial score (nSPS) is 23.4. The third kappa shape index (κ3) is 2.81. The van der Waals surface area contributed by atoms with Gasteiger partial charge in [0, 0.05) is 18.8 Å². The van der Waals surface area contributed by atoms with Crippen molar-refractivity contribution in [3.05, 3.63) is 41.8 Å². The topological polar surface area (TPSA) is 63.8 Å². The first-order chi connectivity index (χ1) is 9.33. The average molecular weight is 258 g/mol. The first-order valence-corrected chi connectivity index (χ1v) is 6.77. The van der Waals surface area contributed by atoms with Gasteiger partial charge in [0.2, 0.25) is 5.89 Å². The fourth-order valence-electron chi connectivity index (χ4n) is 2.53. The molecule has 5 heteroatoms. The number of nitrogens with one attached hydrogen (secondary N) is 1. The molecular weight excluding hydrogens is 240 g/mol. The molecule has 2 atom stereocenters. The quantitative estimate of drug-likeness (QED) is 0.913. The molecule has 1 fully saturated rings. The van der Waals surface area contributed by atoms with Gasteiger partial charge in [0.15, 0.2) is 5.82 Å². The summed E-state index contributed by atoms with van der Waals surface area (Å²) >= 11 is 0. The minimum atomic E-state index is 0.198. The molecule has 1 saturated heterocycles. The van der Waals surface area contributed by atoms with E-state index in [9.17, 15) is 0 Å². The minimum Gasteiger partial charge on any atom is -0.338 e. The lowest BCUT2D eigenvalue weighted by Crippen LogP contribution is -2.33. The predicted octanol–water partition coefficient (Wildman–Crippen LogP) is 2.12. The Balaban J connectivity index is 1.72. The lowest BCUT2D eigenvalue weighted by molar-refractivity contribution is 0.239. The third-order valence-electron chi connectivity index (χ3n) is 3.60. The van der Waals surface area contributed by atoms with Crippen molar-refractivity contribution < 1.29 is 4.52 Å². The molecule has 19 heavy (non-hydrogen) atoms. The highest BCUT2D eigenvalue weighted by molar-refractivity contribution is 5.14. The van der Waals surface area contributed by atoms with Crippen LogP contribution >= 0.6 is 0 Å². The molecular formula is C14H18N4O. The van der Waals surface area contributed by atoms with Gasteiger partial charge in [0.1, 0.15) is 0 Å². The van der Waals surface area contributed by atoms with Crippen LogP contribution in [-0.4, -0.2) is 21.7 Å². The largest absolute Gasteiger partial charge is 0.338 e. The van der Waals surface area contributed by atoms with Crippen LogP contribution in [0.25, 0.3) is 0 Å². The van der Waals surface area contributed by atoms with E-state index in [1.165, 1.54) is 12.8 Å². The number of piperidine rings is 1. The zero-order valence-corrected chi connectivity index (χ0v) is 11.0. The van der Waals surface area contributed by atoms with E-state index in [0.717, 1.165) is 17.9 Å². The molecule has 0 radical (unpaired) electrons. The molecule has 0 spiro atoms. The van der Waals surface area contributed by atoms with Gasteiger partial charge < -0.3 is 9.84 Å². The maximum atomic E-state index is 5.40. The molecule has 100 valence electrons. The second kappa shape index (κ2) is 5.48. The second-order valence-corrected chi connectivity index (χ2v) is 5.14. The fourth-order valence-corrected chi connectivity index (χ4v) is 2.53. The Morgan fingerprint density at radius 3 is 3.21 bits per heavy atom. The Hall–Kier alpha value is -1.75. The average Bonchev–Trinajstić information content (AvgIpc) is 2.89. The van der Waals surface area contributed by atoms with Gasteiger partial charge in [-0.1, -0.05) is 18.1 Å². The Morgan fingerprint density at radius 1 is 1.47 bits per heavy atom. The van der Waals surface area contributed by atoms with Gasteiger partial charge >= 0.3 is 0 Å². The Kier molecular flexibility index (Phi) is 3.55. The van der Waals surface area contributed by atoms with Crippen LogP contribution in [-0.2, 0) is 6.42 Å². The molecule has 5 nitrogen and oxygen atoms in total. The fraction of sp³-hybridized carbons (Fsp3) is 0.500. The van der Waals surface area contributed by atoms with E-state index in [4.69, 9.17) is 4.52 Å². The van der Waals surface area contributed by atoms with Gasteiger partial charge in [0.25, 0.3) is 0 Å². The van der Waals surface area contributed by atoms with E-state index in [1.54, 1.807) is 6.20 Å². The van der Waals surface area contributed by atoms with E-state index in [1.807, 2.05) is 18.3 Å². The molecule has 2 aromatic rings. The number of pyridine rings is 1. The summed E-state index contributed by atoms with van der Waals surface area (Å²) in [6, 6.07) is 4.13. The predicted molar refractivity (Wildman–Crippen MR) is 70.5 cm³/mol. The van der Waals surface area contributed by atoms with Crippen molar-refractivity contribution in [2.45, 2.75) is 32.2 Å². The molecule has 2 unspecified atom stereocenters. The summed E-state index contributed by atoms with van der Waals surface area (Å²) in [7, 11) is 0. The molecule has 0 saturated carbocycles. The van der Waals surface area contributed by atoms with Crippen molar-refractivity contribution in [3.8, 4) is 0 Å². The van der Waals surface area contributed by atoms with Crippen LogP contribution in [0.4, 0.5) is 0 Å². The highest BCUT2D eigenvalue weighted by Crippen LogP contribution is 2.27. The first-order valence-electron chi connectivity index (χ1n) is 6.77. The van der Waals surface area contributed by atoms with E-state index in [0.29, 0.717) is 18.2 Å². The van der Waals surface area contributed by atoms with Gasteiger partial charge in [-0.15, -0.1) is 0 Å². The van der Waals surface area contributed by atoms with Gasteiger partial charge in [0.05, 0.1) is 6.04 Å². The second-order valence-electron chi connectivity index (χ2n) is 5.14. The van der Waals surface area contributed by atoms with Crippen molar-refractivity contribution >= 4 is 0 Å². The minimum absolute atomic E-state index is 0.198. The van der Waals surface area contributed by atoms with Crippen LogP contribution in [0.15, 0.2) is 29.0 Å². The highest BCUT2D eigenvalue weighted by Gasteiger charge is 2.27. The molecule has 1 N–H and O–H groups in total. The molecule has 0 bridgehead atoms. The molecule has 2 aromatic heterocycles. The summed E-state index contributed by atoms with van der Waals surface area (Å²) < 4.78 is 5.40. The maximum absolute atomic E-state index is 5.40. The summed E-state index contributed by atoms with van der Waals surface area (Å²) in [5.74, 6) is 1.98. The number of hydrogen-bond acceptors (Lipinski definition) is 5. The van der Waals surface area contributed by atoms with Gasteiger partial charge in [-0.25, -0.2) is 0 Å². The first kappa shape index (κ1) is 12.3. The van der Waals surface area contributed by atoms with Gasteiger partial charge in [-0.05, 0) is 36.9 Å². The van der Waals surface area contributed by atoms with E-state index in [-0.39, 0.29) is 6.04 Å².